The highest BCUT2D eigenvalue weighted by Crippen LogP contribution is 2.23. The number of aryl methyl sites for hydroxylation is 3. The molecule has 30 heavy (non-hydrogen) atoms. The summed E-state index contributed by atoms with van der Waals surface area (Å²) in [4.78, 5) is 32.3. The molecular weight excluding hydrogens is 376 g/mol. The van der Waals surface area contributed by atoms with Gasteiger partial charge in [-0.15, -0.1) is 0 Å². The van der Waals surface area contributed by atoms with Gasteiger partial charge in [-0.25, -0.2) is 4.98 Å². The Balaban J connectivity index is 1.62. The highest BCUT2D eigenvalue weighted by molar-refractivity contribution is 5.91. The number of fused-ring (bicyclic) bond motifs is 1. The molecule has 1 aliphatic heterocycles. The number of amides is 1. The fourth-order valence-electron chi connectivity index (χ4n) is 3.87. The lowest BCUT2D eigenvalue weighted by atomic mass is 10.0. The Hall–Kier alpha value is -3.41. The number of rotatable bonds is 4. The van der Waals surface area contributed by atoms with Gasteiger partial charge in [-0.1, -0.05) is 36.4 Å². The number of nitrogens with one attached hydrogen (secondary N) is 1. The number of anilines is 2. The standard InChI is InChI=1S/C24H26N4O2/c1-16-8-9-17(2)21(12-16)26-22(29)15-28-23(30)13-18(3)25-24(28)27-11-10-19-6-4-5-7-20(19)14-27/h4-9,12-13H,10-11,14-15H2,1-3H3,(H,26,29). The maximum absolute atomic E-state index is 12.8. The largest absolute Gasteiger partial charge is 0.337 e. The molecule has 0 saturated carbocycles. The summed E-state index contributed by atoms with van der Waals surface area (Å²) in [7, 11) is 0. The number of nitrogens with zero attached hydrogens (tertiary/aromatic N) is 3. The zero-order chi connectivity index (χ0) is 21.3. The molecule has 3 aromatic rings. The lowest BCUT2D eigenvalue weighted by Gasteiger charge is -2.31. The average Bonchev–Trinajstić information content (AvgIpc) is 2.72. The van der Waals surface area contributed by atoms with E-state index in [1.807, 2.05) is 51.1 Å². The average molecular weight is 402 g/mol. The topological polar surface area (TPSA) is 67.2 Å². The van der Waals surface area contributed by atoms with Gasteiger partial charge in [0.2, 0.25) is 11.9 Å². The van der Waals surface area contributed by atoms with Crippen LogP contribution in [0.4, 0.5) is 11.6 Å². The normalized spacial score (nSPS) is 13.1. The summed E-state index contributed by atoms with van der Waals surface area (Å²) in [5.41, 5.74) is 5.80. The molecule has 6 nitrogen and oxygen atoms in total. The van der Waals surface area contributed by atoms with E-state index in [9.17, 15) is 9.59 Å². The number of hydrogen-bond acceptors (Lipinski definition) is 4. The second kappa shape index (κ2) is 8.14. The van der Waals surface area contributed by atoms with Gasteiger partial charge in [-0.3, -0.25) is 14.2 Å². The Morgan fingerprint density at radius 2 is 1.83 bits per heavy atom. The van der Waals surface area contributed by atoms with Crippen molar-refractivity contribution < 1.29 is 4.79 Å². The Morgan fingerprint density at radius 1 is 1.07 bits per heavy atom. The molecule has 0 spiro atoms. The zero-order valence-corrected chi connectivity index (χ0v) is 17.6. The molecule has 4 rings (SSSR count). The van der Waals surface area contributed by atoms with E-state index in [1.54, 1.807) is 0 Å². The molecule has 0 radical (unpaired) electrons. The summed E-state index contributed by atoms with van der Waals surface area (Å²) in [6, 6.07) is 15.7. The van der Waals surface area contributed by atoms with Gasteiger partial charge in [0, 0.05) is 30.5 Å². The fourth-order valence-corrected chi connectivity index (χ4v) is 3.87. The van der Waals surface area contributed by atoms with E-state index in [4.69, 9.17) is 0 Å². The van der Waals surface area contributed by atoms with Gasteiger partial charge in [-0.05, 0) is 55.5 Å². The maximum Gasteiger partial charge on any atom is 0.255 e. The minimum Gasteiger partial charge on any atom is -0.337 e. The van der Waals surface area contributed by atoms with Crippen LogP contribution in [0.25, 0.3) is 0 Å². The van der Waals surface area contributed by atoms with Gasteiger partial charge in [-0.2, -0.15) is 0 Å². The van der Waals surface area contributed by atoms with Crippen molar-refractivity contribution in [3.8, 4) is 0 Å². The summed E-state index contributed by atoms with van der Waals surface area (Å²) in [5, 5.41) is 2.94. The third-order valence-electron chi connectivity index (χ3n) is 5.50. The Labute approximate surface area is 176 Å². The second-order valence-electron chi connectivity index (χ2n) is 7.93. The van der Waals surface area contributed by atoms with Crippen molar-refractivity contribution in [2.45, 2.75) is 40.3 Å². The molecule has 1 aliphatic rings. The molecule has 1 aromatic heterocycles. The summed E-state index contributed by atoms with van der Waals surface area (Å²) in [6.45, 7) is 7.09. The van der Waals surface area contributed by atoms with Gasteiger partial charge < -0.3 is 10.2 Å². The number of benzene rings is 2. The molecule has 0 bridgehead atoms. The quantitative estimate of drug-likeness (QED) is 0.727. The summed E-state index contributed by atoms with van der Waals surface area (Å²) in [5.74, 6) is 0.306. The molecule has 154 valence electrons. The first-order valence-electron chi connectivity index (χ1n) is 10.2. The van der Waals surface area contributed by atoms with Crippen molar-refractivity contribution in [1.82, 2.24) is 9.55 Å². The Kier molecular flexibility index (Phi) is 5.40. The van der Waals surface area contributed by atoms with Gasteiger partial charge >= 0.3 is 0 Å². The molecule has 2 aromatic carbocycles. The molecule has 1 amide bonds. The number of aromatic nitrogens is 2. The summed E-state index contributed by atoms with van der Waals surface area (Å²) in [6.07, 6.45) is 0.884. The van der Waals surface area contributed by atoms with Gasteiger partial charge in [0.1, 0.15) is 6.54 Å². The predicted molar refractivity (Wildman–Crippen MR) is 119 cm³/mol. The van der Waals surface area contributed by atoms with E-state index >= 15 is 0 Å². The van der Waals surface area contributed by atoms with Crippen molar-refractivity contribution in [2.75, 3.05) is 16.8 Å². The highest BCUT2D eigenvalue weighted by Gasteiger charge is 2.22. The predicted octanol–water partition coefficient (Wildman–Crippen LogP) is 3.37. The summed E-state index contributed by atoms with van der Waals surface area (Å²) < 4.78 is 1.47. The van der Waals surface area contributed by atoms with Crippen LogP contribution < -0.4 is 15.8 Å². The van der Waals surface area contributed by atoms with E-state index in [0.717, 1.165) is 29.8 Å². The third kappa shape index (κ3) is 4.13. The van der Waals surface area contributed by atoms with Gasteiger partial charge in [0.15, 0.2) is 0 Å². The lowest BCUT2D eigenvalue weighted by molar-refractivity contribution is -0.116. The molecule has 0 fully saturated rings. The Morgan fingerprint density at radius 3 is 2.63 bits per heavy atom. The van der Waals surface area contributed by atoms with Gasteiger partial charge in [0.05, 0.1) is 0 Å². The fraction of sp³-hybridized carbons (Fsp3) is 0.292. The lowest BCUT2D eigenvalue weighted by Crippen LogP contribution is -2.38. The van der Waals surface area contributed by atoms with Crippen molar-refractivity contribution in [3.05, 3.63) is 86.8 Å². The van der Waals surface area contributed by atoms with Crippen LogP contribution in [0.15, 0.2) is 53.3 Å². The molecule has 6 heteroatoms. The first-order valence-corrected chi connectivity index (χ1v) is 10.2. The van der Waals surface area contributed by atoms with E-state index in [2.05, 4.69) is 27.3 Å². The van der Waals surface area contributed by atoms with E-state index < -0.39 is 0 Å². The van der Waals surface area contributed by atoms with Gasteiger partial charge in [0.25, 0.3) is 5.56 Å². The number of hydrogen-bond donors (Lipinski definition) is 1. The second-order valence-corrected chi connectivity index (χ2v) is 7.93. The first kappa shape index (κ1) is 19.9. The molecule has 1 N–H and O–H groups in total. The van der Waals surface area contributed by atoms with Crippen LogP contribution in [0.1, 0.15) is 27.9 Å². The zero-order valence-electron chi connectivity index (χ0n) is 17.6. The molecule has 0 aliphatic carbocycles. The molecule has 0 saturated heterocycles. The highest BCUT2D eigenvalue weighted by atomic mass is 16.2. The van der Waals surface area contributed by atoms with Crippen LogP contribution in [-0.2, 0) is 24.3 Å². The molecule has 2 heterocycles. The van der Waals surface area contributed by atoms with Crippen molar-refractivity contribution >= 4 is 17.5 Å². The van der Waals surface area contributed by atoms with Crippen LogP contribution in [0.2, 0.25) is 0 Å². The minimum atomic E-state index is -0.241. The monoisotopic (exact) mass is 402 g/mol. The smallest absolute Gasteiger partial charge is 0.255 e. The third-order valence-corrected chi connectivity index (χ3v) is 5.50. The minimum absolute atomic E-state index is 0.0764. The molecular formula is C24H26N4O2. The van der Waals surface area contributed by atoms with Crippen LogP contribution in [-0.4, -0.2) is 22.0 Å². The summed E-state index contributed by atoms with van der Waals surface area (Å²) >= 11 is 0. The van der Waals surface area contributed by atoms with Crippen LogP contribution >= 0.6 is 0 Å². The maximum atomic E-state index is 12.8. The Bertz CT molecular complexity index is 1170. The van der Waals surface area contributed by atoms with Crippen molar-refractivity contribution in [1.29, 1.82) is 0 Å². The van der Waals surface area contributed by atoms with Crippen LogP contribution in [0, 0.1) is 20.8 Å². The van der Waals surface area contributed by atoms with Crippen LogP contribution in [0.5, 0.6) is 0 Å². The first-order chi connectivity index (χ1) is 14.4. The van der Waals surface area contributed by atoms with E-state index in [1.165, 1.54) is 21.8 Å². The SMILES string of the molecule is Cc1ccc(C)c(NC(=O)Cn2c(N3CCc4ccccc4C3)nc(C)cc2=O)c1. The van der Waals surface area contributed by atoms with Crippen LogP contribution in [0.3, 0.4) is 0 Å². The molecule has 0 atom stereocenters. The van der Waals surface area contributed by atoms with Crippen molar-refractivity contribution in [2.24, 2.45) is 0 Å². The number of carbonyl (C=O) groups excluding carboxylic acids is 1. The van der Waals surface area contributed by atoms with E-state index in [0.29, 0.717) is 18.2 Å². The molecule has 0 unspecified atom stereocenters. The van der Waals surface area contributed by atoms with Crippen molar-refractivity contribution in [3.63, 3.8) is 0 Å². The van der Waals surface area contributed by atoms with E-state index in [-0.39, 0.29) is 18.0 Å². The number of carbonyl (C=O) groups is 1.